The van der Waals surface area contributed by atoms with E-state index in [2.05, 4.69) is 6.58 Å². The molecule has 2 rings (SSSR count). The topological polar surface area (TPSA) is 82.0 Å². The fraction of sp³-hybridized carbons (Fsp3) is 0.214. The summed E-state index contributed by atoms with van der Waals surface area (Å²) in [5.74, 6) is -4.70. The van der Waals surface area contributed by atoms with Crippen molar-refractivity contribution in [2.24, 2.45) is 5.92 Å². The van der Waals surface area contributed by atoms with Crippen molar-refractivity contribution in [1.82, 2.24) is 10.6 Å². The molecule has 0 bridgehead atoms. The third kappa shape index (κ3) is 2.64. The first-order valence-electron chi connectivity index (χ1n) is 6.18. The molecule has 1 aromatic rings. The minimum atomic E-state index is -5.20. The summed E-state index contributed by atoms with van der Waals surface area (Å²) in [6.45, 7) is 3.23. The van der Waals surface area contributed by atoms with Gasteiger partial charge in [0.25, 0.3) is 11.8 Å². The lowest BCUT2D eigenvalue weighted by molar-refractivity contribution is -0.197. The maximum Gasteiger partial charge on any atom is 0.422 e. The predicted octanol–water partition coefficient (Wildman–Crippen LogP) is 2.15. The van der Waals surface area contributed by atoms with E-state index in [1.807, 2.05) is 5.32 Å². The van der Waals surface area contributed by atoms with Crippen LogP contribution in [-0.4, -0.2) is 23.5 Å². The lowest BCUT2D eigenvalue weighted by Crippen LogP contribution is -2.66. The van der Waals surface area contributed by atoms with Gasteiger partial charge in [-0.1, -0.05) is 18.2 Å². The fourth-order valence-corrected chi connectivity index (χ4v) is 2.35. The van der Waals surface area contributed by atoms with E-state index >= 15 is 0 Å². The van der Waals surface area contributed by atoms with Crippen LogP contribution in [0.15, 0.2) is 36.5 Å². The number of rotatable bonds is 2. The molecule has 0 saturated carbocycles. The first-order valence-corrected chi connectivity index (χ1v) is 6.56. The SMILES string of the molecule is C=C1NC(=O)[C@](NC(=O)c2ccc(Cl)cc2)(C(F)(F)F)[C@@H]1C#N. The number of halogens is 4. The molecule has 0 aliphatic carbocycles. The van der Waals surface area contributed by atoms with Crippen molar-refractivity contribution < 1.29 is 22.8 Å². The van der Waals surface area contributed by atoms with Gasteiger partial charge in [-0.15, -0.1) is 0 Å². The standard InChI is InChI=1S/C14H9ClF3N3O2/c1-7-10(6-19)13(12(23)20-7,14(16,17)18)21-11(22)8-2-4-9(15)5-3-8/h2-5,10H,1H2,(H,20,23)(H,21,22)/t10-,13+/m1/s1. The summed E-state index contributed by atoms with van der Waals surface area (Å²) in [4.78, 5) is 24.0. The summed E-state index contributed by atoms with van der Waals surface area (Å²) < 4.78 is 40.6. The number of benzene rings is 1. The molecule has 1 aromatic carbocycles. The molecule has 1 heterocycles. The molecule has 2 N–H and O–H groups in total. The average molecular weight is 344 g/mol. The first-order chi connectivity index (χ1) is 10.6. The molecule has 0 spiro atoms. The predicted molar refractivity (Wildman–Crippen MR) is 74.1 cm³/mol. The number of nitriles is 1. The maximum atomic E-state index is 13.5. The van der Waals surface area contributed by atoms with Gasteiger partial charge in [-0.05, 0) is 24.3 Å². The number of nitrogens with zero attached hydrogens (tertiary/aromatic N) is 1. The largest absolute Gasteiger partial charge is 0.422 e. The molecule has 5 nitrogen and oxygen atoms in total. The number of carbonyl (C=O) groups is 2. The van der Waals surface area contributed by atoms with Crippen LogP contribution in [0.3, 0.4) is 0 Å². The van der Waals surface area contributed by atoms with Gasteiger partial charge in [0.05, 0.1) is 6.07 Å². The molecule has 0 unspecified atom stereocenters. The Morgan fingerprint density at radius 2 is 1.96 bits per heavy atom. The minimum Gasteiger partial charge on any atom is -0.329 e. The lowest BCUT2D eigenvalue weighted by Gasteiger charge is -2.32. The Kier molecular flexibility index (Phi) is 4.09. The zero-order valence-electron chi connectivity index (χ0n) is 11.4. The van der Waals surface area contributed by atoms with Gasteiger partial charge in [0.15, 0.2) is 0 Å². The molecule has 2 amide bonds. The highest BCUT2D eigenvalue weighted by atomic mass is 35.5. The molecule has 2 atom stereocenters. The van der Waals surface area contributed by atoms with Crippen LogP contribution < -0.4 is 10.6 Å². The van der Waals surface area contributed by atoms with Gasteiger partial charge in [0.2, 0.25) is 5.54 Å². The Bertz CT molecular complexity index is 724. The molecule has 1 fully saturated rings. The fourth-order valence-electron chi connectivity index (χ4n) is 2.23. The Morgan fingerprint density at radius 1 is 1.39 bits per heavy atom. The van der Waals surface area contributed by atoms with E-state index in [0.717, 1.165) is 0 Å². The summed E-state index contributed by atoms with van der Waals surface area (Å²) >= 11 is 5.64. The number of amides is 2. The quantitative estimate of drug-likeness (QED) is 0.863. The van der Waals surface area contributed by atoms with Gasteiger partial charge in [-0.3, -0.25) is 9.59 Å². The van der Waals surface area contributed by atoms with Gasteiger partial charge in [-0.2, -0.15) is 18.4 Å². The molecule has 1 aliphatic heterocycles. The van der Waals surface area contributed by atoms with Crippen LogP contribution >= 0.6 is 11.6 Å². The molecule has 9 heteroatoms. The zero-order chi connectivity index (χ0) is 17.4. The number of nitrogens with one attached hydrogen (secondary N) is 2. The van der Waals surface area contributed by atoms with Gasteiger partial charge < -0.3 is 10.6 Å². The Morgan fingerprint density at radius 3 is 2.43 bits per heavy atom. The summed E-state index contributed by atoms with van der Waals surface area (Å²) in [7, 11) is 0. The van der Waals surface area contributed by atoms with Crippen LogP contribution in [0.4, 0.5) is 13.2 Å². The van der Waals surface area contributed by atoms with E-state index in [9.17, 15) is 22.8 Å². The maximum absolute atomic E-state index is 13.5. The summed E-state index contributed by atoms with van der Waals surface area (Å²) in [5.41, 5.74) is -3.96. The van der Waals surface area contributed by atoms with Crippen molar-refractivity contribution in [3.63, 3.8) is 0 Å². The van der Waals surface area contributed by atoms with Crippen molar-refractivity contribution in [2.45, 2.75) is 11.7 Å². The van der Waals surface area contributed by atoms with E-state index in [0.29, 0.717) is 0 Å². The third-order valence-corrected chi connectivity index (χ3v) is 3.66. The normalized spacial score (nSPS) is 24.0. The second-order valence-corrected chi connectivity index (χ2v) is 5.24. The number of carbonyl (C=O) groups excluding carboxylic acids is 2. The highest BCUT2D eigenvalue weighted by Gasteiger charge is 2.70. The lowest BCUT2D eigenvalue weighted by atomic mass is 9.84. The Balaban J connectivity index is 2.47. The highest BCUT2D eigenvalue weighted by molar-refractivity contribution is 6.30. The van der Waals surface area contributed by atoms with E-state index in [-0.39, 0.29) is 10.6 Å². The average Bonchev–Trinajstić information content (AvgIpc) is 2.70. The first kappa shape index (κ1) is 16.8. The van der Waals surface area contributed by atoms with Gasteiger partial charge in [0, 0.05) is 16.3 Å². The smallest absolute Gasteiger partial charge is 0.329 e. The van der Waals surface area contributed by atoms with Crippen LogP contribution in [0, 0.1) is 17.2 Å². The molecule has 1 aliphatic rings. The van der Waals surface area contributed by atoms with Gasteiger partial charge >= 0.3 is 6.18 Å². The summed E-state index contributed by atoms with van der Waals surface area (Å²) in [6.07, 6.45) is -5.20. The van der Waals surface area contributed by atoms with Gasteiger partial charge in [-0.25, -0.2) is 0 Å². The number of hydrogen-bond acceptors (Lipinski definition) is 3. The van der Waals surface area contributed by atoms with Crippen molar-refractivity contribution in [2.75, 3.05) is 0 Å². The van der Waals surface area contributed by atoms with Crippen molar-refractivity contribution in [1.29, 1.82) is 5.26 Å². The molecule has 120 valence electrons. The second kappa shape index (κ2) is 5.59. The third-order valence-electron chi connectivity index (χ3n) is 3.41. The molecule has 23 heavy (non-hydrogen) atoms. The van der Waals surface area contributed by atoms with Crippen LogP contribution in [0.25, 0.3) is 0 Å². The molecule has 0 aromatic heterocycles. The van der Waals surface area contributed by atoms with E-state index in [1.165, 1.54) is 30.3 Å². The van der Waals surface area contributed by atoms with Crippen LogP contribution in [0.2, 0.25) is 5.02 Å². The molecular weight excluding hydrogens is 335 g/mol. The van der Waals surface area contributed by atoms with Crippen LogP contribution in [-0.2, 0) is 4.79 Å². The summed E-state index contributed by atoms with van der Waals surface area (Å²) in [5, 5.41) is 12.8. The van der Waals surface area contributed by atoms with E-state index < -0.39 is 35.1 Å². The Labute approximate surface area is 133 Å². The number of hydrogen-bond donors (Lipinski definition) is 2. The van der Waals surface area contributed by atoms with E-state index in [1.54, 1.807) is 5.32 Å². The number of alkyl halides is 3. The monoisotopic (exact) mass is 343 g/mol. The molecule has 1 saturated heterocycles. The highest BCUT2D eigenvalue weighted by Crippen LogP contribution is 2.42. The minimum absolute atomic E-state index is 0.139. The summed E-state index contributed by atoms with van der Waals surface area (Å²) in [6, 6.07) is 6.39. The second-order valence-electron chi connectivity index (χ2n) is 4.81. The van der Waals surface area contributed by atoms with Gasteiger partial charge in [0.1, 0.15) is 5.92 Å². The zero-order valence-corrected chi connectivity index (χ0v) is 12.1. The van der Waals surface area contributed by atoms with Crippen molar-refractivity contribution in [3.8, 4) is 6.07 Å². The Hall–Kier alpha value is -2.53. The van der Waals surface area contributed by atoms with Crippen LogP contribution in [0.1, 0.15) is 10.4 Å². The van der Waals surface area contributed by atoms with Crippen LogP contribution in [0.5, 0.6) is 0 Å². The van der Waals surface area contributed by atoms with Crippen molar-refractivity contribution in [3.05, 3.63) is 47.1 Å². The molecule has 0 radical (unpaired) electrons. The molecular formula is C14H9ClF3N3O2. The van der Waals surface area contributed by atoms with E-state index in [4.69, 9.17) is 16.9 Å². The van der Waals surface area contributed by atoms with Crippen molar-refractivity contribution >= 4 is 23.4 Å².